The van der Waals surface area contributed by atoms with Gasteiger partial charge in [-0.05, 0) is 44.2 Å². The molecular formula is C19H18BrN3O3. The van der Waals surface area contributed by atoms with E-state index in [2.05, 4.69) is 26.0 Å². The fraction of sp³-hybridized carbons (Fsp3) is 0.211. The molecule has 0 amide bonds. The van der Waals surface area contributed by atoms with E-state index >= 15 is 0 Å². The van der Waals surface area contributed by atoms with Crippen molar-refractivity contribution in [1.82, 2.24) is 9.66 Å². The van der Waals surface area contributed by atoms with E-state index < -0.39 is 0 Å². The number of halogens is 1. The predicted molar refractivity (Wildman–Crippen MR) is 106 cm³/mol. The van der Waals surface area contributed by atoms with Crippen LogP contribution in [0.3, 0.4) is 0 Å². The van der Waals surface area contributed by atoms with E-state index in [1.165, 1.54) is 4.68 Å². The molecule has 0 aliphatic heterocycles. The van der Waals surface area contributed by atoms with Crippen molar-refractivity contribution >= 4 is 33.0 Å². The highest BCUT2D eigenvalue weighted by Crippen LogP contribution is 2.30. The zero-order valence-electron chi connectivity index (χ0n) is 14.9. The zero-order chi connectivity index (χ0) is 18.8. The summed E-state index contributed by atoms with van der Waals surface area (Å²) in [5, 5.41) is 4.84. The molecule has 0 atom stereocenters. The molecule has 2 aromatic carbocycles. The van der Waals surface area contributed by atoms with Gasteiger partial charge in [0.25, 0.3) is 5.56 Å². The summed E-state index contributed by atoms with van der Waals surface area (Å²) in [4.78, 5) is 17.2. The lowest BCUT2D eigenvalue weighted by atomic mass is 10.1. The molecule has 0 spiro atoms. The van der Waals surface area contributed by atoms with Crippen LogP contribution in [0.4, 0.5) is 0 Å². The molecule has 6 nitrogen and oxygen atoms in total. The molecule has 134 valence electrons. The number of nitrogens with zero attached hydrogens (tertiary/aromatic N) is 3. The Morgan fingerprint density at radius 2 is 1.92 bits per heavy atom. The lowest BCUT2D eigenvalue weighted by molar-refractivity contribution is 0.388. The number of aryl methyl sites for hydroxylation is 1. The van der Waals surface area contributed by atoms with Crippen LogP contribution in [-0.2, 0) is 0 Å². The second-order valence-electron chi connectivity index (χ2n) is 5.70. The molecule has 1 heterocycles. The summed E-state index contributed by atoms with van der Waals surface area (Å²) < 4.78 is 12.9. The topological polar surface area (TPSA) is 65.7 Å². The van der Waals surface area contributed by atoms with Crippen molar-refractivity contribution in [2.45, 2.75) is 13.8 Å². The molecule has 7 heteroatoms. The normalized spacial score (nSPS) is 11.3. The molecule has 0 bridgehead atoms. The minimum Gasteiger partial charge on any atom is -0.496 e. The summed E-state index contributed by atoms with van der Waals surface area (Å²) >= 11 is 3.38. The van der Waals surface area contributed by atoms with Gasteiger partial charge in [-0.25, -0.2) is 4.98 Å². The predicted octanol–water partition coefficient (Wildman–Crippen LogP) is 3.68. The highest BCUT2D eigenvalue weighted by atomic mass is 79.9. The maximum atomic E-state index is 12.8. The van der Waals surface area contributed by atoms with Gasteiger partial charge in [0, 0.05) is 15.6 Å². The number of ether oxygens (including phenoxy) is 2. The van der Waals surface area contributed by atoms with E-state index in [0.29, 0.717) is 22.5 Å². The van der Waals surface area contributed by atoms with Crippen molar-refractivity contribution in [3.63, 3.8) is 0 Å². The Kier molecular flexibility index (Phi) is 5.08. The van der Waals surface area contributed by atoms with Gasteiger partial charge in [-0.2, -0.15) is 9.78 Å². The first kappa shape index (κ1) is 18.1. The number of aromatic nitrogens is 2. The third-order valence-corrected chi connectivity index (χ3v) is 4.59. The number of rotatable bonds is 4. The first-order valence-corrected chi connectivity index (χ1v) is 8.70. The fourth-order valence-corrected chi connectivity index (χ4v) is 3.17. The van der Waals surface area contributed by atoms with Gasteiger partial charge in [-0.15, -0.1) is 0 Å². The lowest BCUT2D eigenvalue weighted by Crippen LogP contribution is -2.20. The molecule has 3 aromatic rings. The van der Waals surface area contributed by atoms with E-state index in [1.54, 1.807) is 39.5 Å². The van der Waals surface area contributed by atoms with Crippen molar-refractivity contribution in [2.24, 2.45) is 5.10 Å². The smallest absolute Gasteiger partial charge is 0.282 e. The van der Waals surface area contributed by atoms with Gasteiger partial charge in [-0.3, -0.25) is 4.79 Å². The van der Waals surface area contributed by atoms with Crippen LogP contribution >= 0.6 is 15.9 Å². The van der Waals surface area contributed by atoms with E-state index in [9.17, 15) is 4.79 Å². The number of benzene rings is 2. The van der Waals surface area contributed by atoms with Gasteiger partial charge in [0.1, 0.15) is 17.3 Å². The van der Waals surface area contributed by atoms with Crippen LogP contribution in [0.2, 0.25) is 0 Å². The zero-order valence-corrected chi connectivity index (χ0v) is 16.5. The Bertz CT molecular complexity index is 1070. The molecule has 0 aliphatic carbocycles. The summed E-state index contributed by atoms with van der Waals surface area (Å²) in [6.07, 6.45) is 1.59. The van der Waals surface area contributed by atoms with Gasteiger partial charge in [0.05, 0.1) is 31.3 Å². The molecule has 0 saturated heterocycles. The van der Waals surface area contributed by atoms with Crippen LogP contribution in [-0.4, -0.2) is 30.1 Å². The summed E-state index contributed by atoms with van der Waals surface area (Å²) in [6, 6.07) is 9.07. The fourth-order valence-electron chi connectivity index (χ4n) is 2.80. The van der Waals surface area contributed by atoms with Gasteiger partial charge in [-0.1, -0.05) is 15.9 Å². The molecule has 0 aliphatic rings. The maximum Gasteiger partial charge on any atom is 0.282 e. The van der Waals surface area contributed by atoms with Crippen LogP contribution < -0.4 is 15.0 Å². The second-order valence-corrected chi connectivity index (χ2v) is 6.61. The number of hydrogen-bond acceptors (Lipinski definition) is 5. The molecule has 3 rings (SSSR count). The highest BCUT2D eigenvalue weighted by Gasteiger charge is 2.11. The summed E-state index contributed by atoms with van der Waals surface area (Å²) in [5.74, 6) is 1.88. The summed E-state index contributed by atoms with van der Waals surface area (Å²) in [7, 11) is 3.20. The van der Waals surface area contributed by atoms with Crippen molar-refractivity contribution in [3.05, 3.63) is 62.1 Å². The maximum absolute atomic E-state index is 12.8. The molecule has 0 fully saturated rings. The monoisotopic (exact) mass is 415 g/mol. The van der Waals surface area contributed by atoms with Gasteiger partial charge in [0.2, 0.25) is 0 Å². The quantitative estimate of drug-likeness (QED) is 0.609. The lowest BCUT2D eigenvalue weighted by Gasteiger charge is -2.12. The standard InChI is InChI=1S/C19H18BrN3O3/c1-11-17(25-3)8-5-13(18(11)26-4)10-21-23-12(2)22-16-7-6-14(20)9-15(16)19(23)24/h5-10H,1-4H3. The van der Waals surface area contributed by atoms with Crippen molar-refractivity contribution < 1.29 is 9.47 Å². The first-order valence-electron chi connectivity index (χ1n) is 7.91. The Labute approximate surface area is 159 Å². The second kappa shape index (κ2) is 7.29. The SMILES string of the molecule is COc1ccc(C=Nn2c(C)nc3ccc(Br)cc3c2=O)c(OC)c1C. The van der Waals surface area contributed by atoms with E-state index in [0.717, 1.165) is 21.3 Å². The molecule has 26 heavy (non-hydrogen) atoms. The Balaban J connectivity index is 2.12. The van der Waals surface area contributed by atoms with Crippen LogP contribution in [0.1, 0.15) is 17.0 Å². The van der Waals surface area contributed by atoms with Gasteiger partial charge in [0.15, 0.2) is 0 Å². The summed E-state index contributed by atoms with van der Waals surface area (Å²) in [5.41, 5.74) is 2.02. The molecule has 0 unspecified atom stereocenters. The van der Waals surface area contributed by atoms with Crippen molar-refractivity contribution in [3.8, 4) is 11.5 Å². The largest absolute Gasteiger partial charge is 0.496 e. The van der Waals surface area contributed by atoms with E-state index in [1.807, 2.05) is 25.1 Å². The molecule has 1 aromatic heterocycles. The molecule has 0 N–H and O–H groups in total. The highest BCUT2D eigenvalue weighted by molar-refractivity contribution is 9.10. The third-order valence-electron chi connectivity index (χ3n) is 4.09. The van der Waals surface area contributed by atoms with Crippen LogP contribution in [0.5, 0.6) is 11.5 Å². The minimum atomic E-state index is -0.228. The van der Waals surface area contributed by atoms with Crippen LogP contribution in [0, 0.1) is 13.8 Å². The van der Waals surface area contributed by atoms with Crippen molar-refractivity contribution in [1.29, 1.82) is 0 Å². The Morgan fingerprint density at radius 3 is 2.62 bits per heavy atom. The number of fused-ring (bicyclic) bond motifs is 1. The van der Waals surface area contributed by atoms with Crippen LogP contribution in [0.15, 0.2) is 44.7 Å². The molecular weight excluding hydrogens is 398 g/mol. The van der Waals surface area contributed by atoms with Crippen LogP contribution in [0.25, 0.3) is 10.9 Å². The first-order chi connectivity index (χ1) is 12.5. The average Bonchev–Trinajstić information content (AvgIpc) is 2.62. The molecule has 0 saturated carbocycles. The van der Waals surface area contributed by atoms with Crippen molar-refractivity contribution in [2.75, 3.05) is 14.2 Å². The Hall–Kier alpha value is -2.67. The van der Waals surface area contributed by atoms with E-state index in [4.69, 9.17) is 9.47 Å². The Morgan fingerprint density at radius 1 is 1.15 bits per heavy atom. The minimum absolute atomic E-state index is 0.228. The number of methoxy groups -OCH3 is 2. The summed E-state index contributed by atoms with van der Waals surface area (Å²) in [6.45, 7) is 3.65. The average molecular weight is 416 g/mol. The van der Waals surface area contributed by atoms with Gasteiger partial charge < -0.3 is 9.47 Å². The third kappa shape index (κ3) is 3.22. The number of hydrogen-bond donors (Lipinski definition) is 0. The van der Waals surface area contributed by atoms with Gasteiger partial charge >= 0.3 is 0 Å². The molecule has 0 radical (unpaired) electrons. The van der Waals surface area contributed by atoms with E-state index in [-0.39, 0.29) is 5.56 Å².